The molecule has 0 saturated heterocycles. The Bertz CT molecular complexity index is 834. The molecule has 1 heterocycles. The van der Waals surface area contributed by atoms with E-state index in [0.29, 0.717) is 12.4 Å². The van der Waals surface area contributed by atoms with Gasteiger partial charge in [-0.25, -0.2) is 9.67 Å². The minimum Gasteiger partial charge on any atom is -0.380 e. The first-order valence-electron chi connectivity index (χ1n) is 8.66. The summed E-state index contributed by atoms with van der Waals surface area (Å²) >= 11 is 0. The molecule has 0 unspecified atom stereocenters. The first kappa shape index (κ1) is 16.0. The highest BCUT2D eigenvalue weighted by Gasteiger charge is 2.27. The van der Waals surface area contributed by atoms with Gasteiger partial charge in [0.15, 0.2) is 5.82 Å². The third kappa shape index (κ3) is 3.08. The zero-order valence-electron chi connectivity index (χ0n) is 14.3. The molecule has 0 fully saturated rings. The number of nitrogens with one attached hydrogen (secondary N) is 1. The van der Waals surface area contributed by atoms with Gasteiger partial charge in [-0.1, -0.05) is 54.6 Å². The van der Waals surface area contributed by atoms with Crippen molar-refractivity contribution in [1.29, 1.82) is 0 Å². The Morgan fingerprint density at radius 3 is 2.36 bits per heavy atom. The number of benzene rings is 2. The highest BCUT2D eigenvalue weighted by Crippen LogP contribution is 2.31. The molecule has 0 aliphatic heterocycles. The zero-order valence-corrected chi connectivity index (χ0v) is 14.3. The van der Waals surface area contributed by atoms with Gasteiger partial charge >= 0.3 is 0 Å². The highest BCUT2D eigenvalue weighted by atomic mass is 16.3. The van der Waals surface area contributed by atoms with E-state index < -0.39 is 6.10 Å². The monoisotopic (exact) mass is 334 g/mol. The predicted octanol–water partition coefficient (Wildman–Crippen LogP) is 2.42. The number of aliphatic hydroxyl groups is 1. The van der Waals surface area contributed by atoms with Crippen LogP contribution in [0.25, 0.3) is 0 Å². The fourth-order valence-electron chi connectivity index (χ4n) is 3.55. The van der Waals surface area contributed by atoms with Gasteiger partial charge in [-0.3, -0.25) is 0 Å². The quantitative estimate of drug-likeness (QED) is 0.752. The van der Waals surface area contributed by atoms with Crippen molar-refractivity contribution in [3.8, 4) is 0 Å². The lowest BCUT2D eigenvalue weighted by atomic mass is 10.1. The maximum absolute atomic E-state index is 10.7. The van der Waals surface area contributed by atoms with Crippen molar-refractivity contribution in [3.05, 3.63) is 82.9 Å². The summed E-state index contributed by atoms with van der Waals surface area (Å²) in [5.74, 6) is 1.33. The summed E-state index contributed by atoms with van der Waals surface area (Å²) in [7, 11) is 1.90. The summed E-state index contributed by atoms with van der Waals surface area (Å²) < 4.78 is 2.00. The summed E-state index contributed by atoms with van der Waals surface area (Å²) in [5.41, 5.74) is 3.57. The fourth-order valence-corrected chi connectivity index (χ4v) is 3.55. The average molecular weight is 334 g/mol. The number of nitrogens with zero attached hydrogens (tertiary/aromatic N) is 3. The van der Waals surface area contributed by atoms with E-state index in [1.165, 1.54) is 11.1 Å². The van der Waals surface area contributed by atoms with Gasteiger partial charge in [-0.15, -0.1) is 0 Å². The van der Waals surface area contributed by atoms with Gasteiger partial charge in [0.2, 0.25) is 0 Å². The van der Waals surface area contributed by atoms with Crippen molar-refractivity contribution in [2.24, 2.45) is 0 Å². The second-order valence-electron chi connectivity index (χ2n) is 6.51. The van der Waals surface area contributed by atoms with Crippen LogP contribution in [0.3, 0.4) is 0 Å². The zero-order chi connectivity index (χ0) is 17.2. The molecule has 4 rings (SSSR count). The van der Waals surface area contributed by atoms with E-state index in [1.807, 2.05) is 42.1 Å². The Morgan fingerprint density at radius 2 is 1.72 bits per heavy atom. The Morgan fingerprint density at radius 1 is 1.08 bits per heavy atom. The molecule has 1 aliphatic rings. The Kier molecular flexibility index (Phi) is 4.34. The molecule has 3 aromatic rings. The van der Waals surface area contributed by atoms with E-state index >= 15 is 0 Å². The molecule has 0 spiro atoms. The van der Waals surface area contributed by atoms with E-state index in [4.69, 9.17) is 0 Å². The van der Waals surface area contributed by atoms with E-state index in [-0.39, 0.29) is 6.04 Å². The first-order chi connectivity index (χ1) is 12.3. The maximum atomic E-state index is 10.7. The lowest BCUT2D eigenvalue weighted by molar-refractivity contribution is 0.209. The average Bonchev–Trinajstić information content (AvgIpc) is 3.26. The van der Waals surface area contributed by atoms with Crippen molar-refractivity contribution in [2.75, 3.05) is 7.05 Å². The largest absolute Gasteiger partial charge is 0.380 e. The standard InChI is InChI=1S/C20H22N4O/c1-21-13-18-22-20(19(25)14-7-3-2-4-8-14)23-24(18)17-11-15-9-5-6-10-16(15)12-17/h2-10,17,19,21,25H,11-13H2,1H3/t19-/m1/s1. The fraction of sp³-hybridized carbons (Fsp3) is 0.300. The van der Waals surface area contributed by atoms with Gasteiger partial charge < -0.3 is 10.4 Å². The smallest absolute Gasteiger partial charge is 0.184 e. The van der Waals surface area contributed by atoms with Crippen LogP contribution in [0.15, 0.2) is 54.6 Å². The van der Waals surface area contributed by atoms with Crippen LogP contribution in [0.2, 0.25) is 0 Å². The van der Waals surface area contributed by atoms with Crippen molar-refractivity contribution in [2.45, 2.75) is 31.5 Å². The van der Waals surface area contributed by atoms with Gasteiger partial charge in [0.05, 0.1) is 12.6 Å². The van der Waals surface area contributed by atoms with Crippen molar-refractivity contribution in [3.63, 3.8) is 0 Å². The summed E-state index contributed by atoms with van der Waals surface area (Å²) in [5, 5.41) is 18.5. The van der Waals surface area contributed by atoms with E-state index in [9.17, 15) is 5.11 Å². The van der Waals surface area contributed by atoms with E-state index in [1.54, 1.807) is 0 Å². The maximum Gasteiger partial charge on any atom is 0.184 e. The van der Waals surface area contributed by atoms with Crippen molar-refractivity contribution in [1.82, 2.24) is 20.1 Å². The summed E-state index contributed by atoms with van der Waals surface area (Å²) in [6, 6.07) is 18.4. The molecule has 2 aromatic carbocycles. The predicted molar refractivity (Wildman–Crippen MR) is 96.2 cm³/mol. The van der Waals surface area contributed by atoms with E-state index in [0.717, 1.165) is 24.2 Å². The van der Waals surface area contributed by atoms with Gasteiger partial charge in [-0.05, 0) is 36.6 Å². The molecule has 25 heavy (non-hydrogen) atoms. The molecule has 128 valence electrons. The molecule has 0 saturated carbocycles. The summed E-state index contributed by atoms with van der Waals surface area (Å²) in [6.07, 6.45) is 1.11. The second kappa shape index (κ2) is 6.78. The SMILES string of the molecule is CNCc1nc([C@H](O)c2ccccc2)nn1C1Cc2ccccc2C1. The number of rotatable bonds is 5. The lowest BCUT2D eigenvalue weighted by Crippen LogP contribution is -2.18. The summed E-state index contributed by atoms with van der Waals surface area (Å²) in [4.78, 5) is 4.62. The van der Waals surface area contributed by atoms with Crippen LogP contribution in [0.4, 0.5) is 0 Å². The van der Waals surface area contributed by atoms with Crippen LogP contribution < -0.4 is 5.32 Å². The number of hydrogen-bond acceptors (Lipinski definition) is 4. The molecular weight excluding hydrogens is 312 g/mol. The minimum absolute atomic E-state index is 0.255. The van der Waals surface area contributed by atoms with Gasteiger partial charge in [0, 0.05) is 0 Å². The van der Waals surface area contributed by atoms with E-state index in [2.05, 4.69) is 39.7 Å². The third-order valence-corrected chi connectivity index (χ3v) is 4.79. The van der Waals surface area contributed by atoms with Crippen LogP contribution in [-0.4, -0.2) is 26.9 Å². The molecule has 2 N–H and O–H groups in total. The molecule has 0 bridgehead atoms. The molecule has 5 nitrogen and oxygen atoms in total. The first-order valence-corrected chi connectivity index (χ1v) is 8.66. The van der Waals surface area contributed by atoms with Gasteiger partial charge in [-0.2, -0.15) is 5.10 Å². The second-order valence-corrected chi connectivity index (χ2v) is 6.51. The molecule has 1 atom stereocenters. The van der Waals surface area contributed by atoms with Crippen LogP contribution in [0, 0.1) is 0 Å². The Balaban J connectivity index is 1.65. The highest BCUT2D eigenvalue weighted by molar-refractivity contribution is 5.33. The molecule has 1 aromatic heterocycles. The Hall–Kier alpha value is -2.50. The number of fused-ring (bicyclic) bond motifs is 1. The lowest BCUT2D eigenvalue weighted by Gasteiger charge is -2.12. The molecular formula is C20H22N4O. The van der Waals surface area contributed by atoms with Crippen molar-refractivity contribution >= 4 is 0 Å². The number of aliphatic hydroxyl groups excluding tert-OH is 1. The third-order valence-electron chi connectivity index (χ3n) is 4.79. The normalized spacial score (nSPS) is 15.3. The molecule has 0 amide bonds. The molecule has 1 aliphatic carbocycles. The molecule has 5 heteroatoms. The minimum atomic E-state index is -0.804. The van der Waals surface area contributed by atoms with Crippen molar-refractivity contribution < 1.29 is 5.11 Å². The van der Waals surface area contributed by atoms with Crippen LogP contribution in [-0.2, 0) is 19.4 Å². The van der Waals surface area contributed by atoms with Crippen LogP contribution >= 0.6 is 0 Å². The number of hydrogen-bond donors (Lipinski definition) is 2. The number of aromatic nitrogens is 3. The molecule has 0 radical (unpaired) electrons. The van der Waals surface area contributed by atoms with Crippen LogP contribution in [0.1, 0.15) is 40.5 Å². The summed E-state index contributed by atoms with van der Waals surface area (Å²) in [6.45, 7) is 0.626. The Labute approximate surface area is 147 Å². The topological polar surface area (TPSA) is 63.0 Å². The van der Waals surface area contributed by atoms with Gasteiger partial charge in [0.1, 0.15) is 11.9 Å². The van der Waals surface area contributed by atoms with Crippen LogP contribution in [0.5, 0.6) is 0 Å². The van der Waals surface area contributed by atoms with Gasteiger partial charge in [0.25, 0.3) is 0 Å².